The fourth-order valence-electron chi connectivity index (χ4n) is 2.42. The van der Waals surface area contributed by atoms with Crippen LogP contribution in [0.5, 0.6) is 0 Å². The van der Waals surface area contributed by atoms with Crippen molar-refractivity contribution in [1.29, 1.82) is 0 Å². The van der Waals surface area contributed by atoms with Gasteiger partial charge in [0.1, 0.15) is 0 Å². The molecule has 1 heteroatoms. The van der Waals surface area contributed by atoms with Gasteiger partial charge in [-0.25, -0.2) is 0 Å². The number of rotatable bonds is 10. The summed E-state index contributed by atoms with van der Waals surface area (Å²) in [5.41, 5.74) is 2.44. The number of hydrogen-bond acceptors (Lipinski definition) is 0. The summed E-state index contributed by atoms with van der Waals surface area (Å²) in [5, 5.41) is 0.904. The first-order chi connectivity index (χ1) is 10.4. The molecule has 21 heavy (non-hydrogen) atoms. The van der Waals surface area contributed by atoms with Gasteiger partial charge >= 0.3 is 0 Å². The summed E-state index contributed by atoms with van der Waals surface area (Å²) in [5.74, 6) is 6.58. The molecule has 0 saturated heterocycles. The number of alkyl halides is 1. The summed E-state index contributed by atoms with van der Waals surface area (Å²) >= 11 is 3.48. The lowest BCUT2D eigenvalue weighted by Crippen LogP contribution is -1.81. The SMILES string of the molecule is CCCCCCCCCCCC#Cc1cccc(CBr)c1. The van der Waals surface area contributed by atoms with Crippen LogP contribution in [0.15, 0.2) is 24.3 Å². The summed E-state index contributed by atoms with van der Waals surface area (Å²) in [4.78, 5) is 0. The molecule has 0 saturated carbocycles. The number of hydrogen-bond donors (Lipinski definition) is 0. The third-order valence-electron chi connectivity index (χ3n) is 3.72. The van der Waals surface area contributed by atoms with E-state index in [1.54, 1.807) is 0 Å². The van der Waals surface area contributed by atoms with Crippen molar-refractivity contribution in [1.82, 2.24) is 0 Å². The van der Waals surface area contributed by atoms with Gasteiger partial charge in [0, 0.05) is 17.3 Å². The van der Waals surface area contributed by atoms with E-state index in [9.17, 15) is 0 Å². The predicted octanol–water partition coefficient (Wildman–Crippen LogP) is 6.85. The van der Waals surface area contributed by atoms with Gasteiger partial charge in [-0.05, 0) is 24.1 Å². The fourth-order valence-corrected chi connectivity index (χ4v) is 2.77. The highest BCUT2D eigenvalue weighted by molar-refractivity contribution is 9.08. The topological polar surface area (TPSA) is 0 Å². The lowest BCUT2D eigenvalue weighted by atomic mass is 10.1. The summed E-state index contributed by atoms with van der Waals surface area (Å²) in [7, 11) is 0. The van der Waals surface area contributed by atoms with E-state index < -0.39 is 0 Å². The maximum atomic E-state index is 3.48. The van der Waals surface area contributed by atoms with Crippen LogP contribution in [0.25, 0.3) is 0 Å². The molecule has 116 valence electrons. The standard InChI is InChI=1S/C20H29Br/c1-2-3-4-5-6-7-8-9-10-11-12-14-19-15-13-16-20(17-19)18-21/h13,15-17H,2-11,18H2,1H3. The highest BCUT2D eigenvalue weighted by atomic mass is 79.9. The third-order valence-corrected chi connectivity index (χ3v) is 4.37. The molecule has 0 N–H and O–H groups in total. The molecule has 0 atom stereocenters. The molecule has 0 aliphatic heterocycles. The highest BCUT2D eigenvalue weighted by Gasteiger charge is 1.92. The van der Waals surface area contributed by atoms with Crippen molar-refractivity contribution in [2.75, 3.05) is 0 Å². The summed E-state index contributed by atoms with van der Waals surface area (Å²) in [6, 6.07) is 8.47. The Morgan fingerprint density at radius 1 is 0.905 bits per heavy atom. The van der Waals surface area contributed by atoms with Gasteiger partial charge in [0.05, 0.1) is 0 Å². The van der Waals surface area contributed by atoms with E-state index in [1.807, 2.05) is 0 Å². The number of halogens is 1. The van der Waals surface area contributed by atoms with Crippen LogP contribution in [-0.2, 0) is 5.33 Å². The van der Waals surface area contributed by atoms with Gasteiger partial charge in [-0.1, -0.05) is 98.2 Å². The minimum Gasteiger partial charge on any atom is -0.0979 e. The van der Waals surface area contributed by atoms with Crippen molar-refractivity contribution < 1.29 is 0 Å². The highest BCUT2D eigenvalue weighted by Crippen LogP contribution is 2.11. The van der Waals surface area contributed by atoms with Crippen LogP contribution < -0.4 is 0 Å². The second-order valence-electron chi connectivity index (χ2n) is 5.71. The zero-order chi connectivity index (χ0) is 15.2. The summed E-state index contributed by atoms with van der Waals surface area (Å²) in [6.07, 6.45) is 13.4. The Labute approximate surface area is 139 Å². The molecule has 0 heterocycles. The van der Waals surface area contributed by atoms with Crippen LogP contribution >= 0.6 is 15.9 Å². The Kier molecular flexibility index (Phi) is 11.3. The van der Waals surface area contributed by atoms with Crippen molar-refractivity contribution in [2.24, 2.45) is 0 Å². The molecular weight excluding hydrogens is 320 g/mol. The van der Waals surface area contributed by atoms with E-state index in [-0.39, 0.29) is 0 Å². The minimum atomic E-state index is 0.904. The number of benzene rings is 1. The van der Waals surface area contributed by atoms with Gasteiger partial charge in [-0.2, -0.15) is 0 Å². The molecular formula is C20H29Br. The molecule has 0 aliphatic carbocycles. The van der Waals surface area contributed by atoms with Crippen LogP contribution in [0.4, 0.5) is 0 Å². The molecule has 0 amide bonds. The molecule has 1 aromatic rings. The maximum Gasteiger partial charge on any atom is 0.0283 e. The molecule has 0 fully saturated rings. The van der Waals surface area contributed by atoms with Crippen LogP contribution in [0, 0.1) is 11.8 Å². The van der Waals surface area contributed by atoms with E-state index in [0.29, 0.717) is 0 Å². The average Bonchev–Trinajstić information content (AvgIpc) is 2.53. The Morgan fingerprint density at radius 2 is 1.57 bits per heavy atom. The molecule has 0 nitrogen and oxygen atoms in total. The largest absolute Gasteiger partial charge is 0.0979 e. The Hall–Kier alpha value is -0.740. The third kappa shape index (κ3) is 9.75. The van der Waals surface area contributed by atoms with Crippen LogP contribution in [0.1, 0.15) is 82.3 Å². The van der Waals surface area contributed by atoms with Gasteiger partial charge in [0.25, 0.3) is 0 Å². The first kappa shape index (κ1) is 18.3. The van der Waals surface area contributed by atoms with E-state index in [1.165, 1.54) is 63.4 Å². The van der Waals surface area contributed by atoms with E-state index in [4.69, 9.17) is 0 Å². The molecule has 0 unspecified atom stereocenters. The zero-order valence-electron chi connectivity index (χ0n) is 13.5. The van der Waals surface area contributed by atoms with Gasteiger partial charge in [-0.3, -0.25) is 0 Å². The normalized spacial score (nSPS) is 10.2. The van der Waals surface area contributed by atoms with Gasteiger partial charge in [0.2, 0.25) is 0 Å². The van der Waals surface area contributed by atoms with Gasteiger partial charge in [0.15, 0.2) is 0 Å². The number of unbranched alkanes of at least 4 members (excludes halogenated alkanes) is 9. The molecule has 0 spiro atoms. The smallest absolute Gasteiger partial charge is 0.0283 e. The van der Waals surface area contributed by atoms with Crippen LogP contribution in [0.3, 0.4) is 0 Å². The molecule has 0 aromatic heterocycles. The van der Waals surface area contributed by atoms with E-state index in [2.05, 4.69) is 59.0 Å². The van der Waals surface area contributed by atoms with Crippen LogP contribution in [0.2, 0.25) is 0 Å². The monoisotopic (exact) mass is 348 g/mol. The molecule has 1 rings (SSSR count). The van der Waals surface area contributed by atoms with Crippen molar-refractivity contribution >= 4 is 15.9 Å². The lowest BCUT2D eigenvalue weighted by molar-refractivity contribution is 0.567. The molecule has 0 radical (unpaired) electrons. The second kappa shape index (κ2) is 13.0. The Bertz CT molecular complexity index is 425. The van der Waals surface area contributed by atoms with Gasteiger partial charge in [-0.15, -0.1) is 0 Å². The summed E-state index contributed by atoms with van der Waals surface area (Å²) in [6.45, 7) is 2.28. The second-order valence-corrected chi connectivity index (χ2v) is 6.27. The Balaban J connectivity index is 2.03. The van der Waals surface area contributed by atoms with Crippen molar-refractivity contribution in [3.8, 4) is 11.8 Å². The van der Waals surface area contributed by atoms with Gasteiger partial charge < -0.3 is 0 Å². The Morgan fingerprint density at radius 3 is 2.24 bits per heavy atom. The lowest BCUT2D eigenvalue weighted by Gasteiger charge is -2.00. The predicted molar refractivity (Wildman–Crippen MR) is 97.8 cm³/mol. The van der Waals surface area contributed by atoms with E-state index >= 15 is 0 Å². The zero-order valence-corrected chi connectivity index (χ0v) is 15.1. The van der Waals surface area contributed by atoms with E-state index in [0.717, 1.165) is 17.3 Å². The molecule has 0 aliphatic rings. The maximum absolute atomic E-state index is 3.48. The summed E-state index contributed by atoms with van der Waals surface area (Å²) < 4.78 is 0. The molecule has 0 bridgehead atoms. The van der Waals surface area contributed by atoms with Crippen LogP contribution in [-0.4, -0.2) is 0 Å². The quantitative estimate of drug-likeness (QED) is 0.246. The average molecular weight is 349 g/mol. The first-order valence-corrected chi connectivity index (χ1v) is 9.62. The first-order valence-electron chi connectivity index (χ1n) is 8.50. The van der Waals surface area contributed by atoms with Crippen molar-refractivity contribution in [3.63, 3.8) is 0 Å². The fraction of sp³-hybridized carbons (Fsp3) is 0.600. The minimum absolute atomic E-state index is 0.904. The molecule has 1 aromatic carbocycles. The van der Waals surface area contributed by atoms with Crippen molar-refractivity contribution in [2.45, 2.75) is 76.5 Å². The van der Waals surface area contributed by atoms with Crippen molar-refractivity contribution in [3.05, 3.63) is 35.4 Å².